The van der Waals surface area contributed by atoms with Crippen LogP contribution in [0.4, 0.5) is 0 Å². The number of methoxy groups -OCH3 is 1. The Morgan fingerprint density at radius 2 is 1.68 bits per heavy atom. The summed E-state index contributed by atoms with van der Waals surface area (Å²) in [5.74, 6) is -6.33. The van der Waals surface area contributed by atoms with Crippen LogP contribution in [-0.2, 0) is 30.0 Å². The quantitative estimate of drug-likeness (QED) is 0.453. The fourth-order valence-corrected chi connectivity index (χ4v) is 8.08. The second-order valence-corrected chi connectivity index (χ2v) is 10.9. The Labute approximate surface area is 225 Å². The van der Waals surface area contributed by atoms with Crippen molar-refractivity contribution < 1.29 is 48.0 Å². The number of rotatable bonds is 2. The highest BCUT2D eigenvalue weighted by molar-refractivity contribution is 6.19. The lowest BCUT2D eigenvalue weighted by atomic mass is 9.59. The molecule has 4 aliphatic rings. The van der Waals surface area contributed by atoms with Crippen LogP contribution in [0.15, 0.2) is 27.6 Å². The highest BCUT2D eigenvalue weighted by Crippen LogP contribution is 2.70. The van der Waals surface area contributed by atoms with Gasteiger partial charge in [-0.2, -0.15) is 0 Å². The maximum absolute atomic E-state index is 14.6. The molecule has 1 aliphatic heterocycles. The maximum Gasteiger partial charge on any atom is 0.347 e. The van der Waals surface area contributed by atoms with Gasteiger partial charge in [0.2, 0.25) is 0 Å². The molecule has 0 saturated heterocycles. The van der Waals surface area contributed by atoms with Gasteiger partial charge in [0, 0.05) is 25.0 Å². The Morgan fingerprint density at radius 1 is 0.975 bits per heavy atom. The number of phenols is 2. The Kier molecular flexibility index (Phi) is 4.51. The summed E-state index contributed by atoms with van der Waals surface area (Å²) < 4.78 is 22.8. The van der Waals surface area contributed by atoms with Gasteiger partial charge in [-0.15, -0.1) is 0 Å². The summed E-state index contributed by atoms with van der Waals surface area (Å²) in [6, 6.07) is 2.61. The van der Waals surface area contributed by atoms with Crippen LogP contribution < -0.4 is 5.63 Å². The number of aromatic hydroxyl groups is 2. The number of ketones is 2. The molecule has 0 radical (unpaired) electrons. The molecule has 3 aromatic rings. The van der Waals surface area contributed by atoms with E-state index >= 15 is 0 Å². The number of carbonyl (C=O) groups is 4. The van der Waals surface area contributed by atoms with E-state index in [0.29, 0.717) is 11.1 Å². The normalized spacial score (nSPS) is 29.2. The Hall–Kier alpha value is -4.51. The standard InChI is InChI=1S/C29H22O11/c1-9-5-14(32)18-20-15(9)23(34)21-25(40-11(3)30)28(20,8-39-27(18)36)24-22(33)12-7-38-26(35)17-13(31)6-10(2)19(16(12)17)29(21,24)37-4/h5-7,21,24-25,31-32H,8H2,1-4H3/t21-,24+,25-,28+,29-/m0/s1. The van der Waals surface area contributed by atoms with Gasteiger partial charge in [-0.1, -0.05) is 0 Å². The van der Waals surface area contributed by atoms with E-state index < -0.39 is 76.2 Å². The van der Waals surface area contributed by atoms with Crippen LogP contribution in [0.25, 0.3) is 10.8 Å². The summed E-state index contributed by atoms with van der Waals surface area (Å²) in [5.41, 5.74) is -3.47. The largest absolute Gasteiger partial charge is 0.507 e. The van der Waals surface area contributed by atoms with Crippen molar-refractivity contribution in [1.82, 2.24) is 0 Å². The van der Waals surface area contributed by atoms with Gasteiger partial charge < -0.3 is 28.8 Å². The number of aryl methyl sites for hydroxylation is 2. The minimum absolute atomic E-state index is 0.0471. The molecule has 2 bridgehead atoms. The van der Waals surface area contributed by atoms with Gasteiger partial charge in [0.15, 0.2) is 11.6 Å². The molecule has 5 atom stereocenters. The van der Waals surface area contributed by atoms with E-state index in [9.17, 15) is 34.2 Å². The maximum atomic E-state index is 14.6. The third-order valence-electron chi connectivity index (χ3n) is 9.17. The van der Waals surface area contributed by atoms with Gasteiger partial charge >= 0.3 is 17.6 Å². The monoisotopic (exact) mass is 546 g/mol. The summed E-state index contributed by atoms with van der Waals surface area (Å²) in [5, 5.41) is 21.5. The first kappa shape index (κ1) is 24.5. The Morgan fingerprint density at radius 3 is 2.35 bits per heavy atom. The molecule has 1 spiro atoms. The van der Waals surface area contributed by atoms with Crippen molar-refractivity contribution in [3.05, 3.63) is 67.8 Å². The Bertz CT molecular complexity index is 1850. The number of ether oxygens (including phenoxy) is 3. The fourth-order valence-electron chi connectivity index (χ4n) is 8.08. The first-order valence-electron chi connectivity index (χ1n) is 12.6. The lowest BCUT2D eigenvalue weighted by Crippen LogP contribution is -2.57. The van der Waals surface area contributed by atoms with Gasteiger partial charge in [-0.25, -0.2) is 9.59 Å². The third-order valence-corrected chi connectivity index (χ3v) is 9.17. The number of esters is 2. The second-order valence-electron chi connectivity index (χ2n) is 10.9. The average molecular weight is 546 g/mol. The van der Waals surface area contributed by atoms with Gasteiger partial charge in [-0.3, -0.25) is 14.4 Å². The summed E-state index contributed by atoms with van der Waals surface area (Å²) in [7, 11) is 1.31. The lowest BCUT2D eigenvalue weighted by Gasteiger charge is -2.47. The first-order valence-corrected chi connectivity index (χ1v) is 12.6. The van der Waals surface area contributed by atoms with Crippen LogP contribution in [0.5, 0.6) is 11.5 Å². The molecule has 7 rings (SSSR count). The predicted octanol–water partition coefficient (Wildman–Crippen LogP) is 2.34. The molecule has 0 amide bonds. The predicted molar refractivity (Wildman–Crippen MR) is 134 cm³/mol. The van der Waals surface area contributed by atoms with Crippen LogP contribution >= 0.6 is 0 Å². The van der Waals surface area contributed by atoms with E-state index in [0.717, 1.165) is 13.2 Å². The highest BCUT2D eigenvalue weighted by Gasteiger charge is 2.80. The third kappa shape index (κ3) is 2.40. The molecular formula is C29H22O11. The zero-order valence-corrected chi connectivity index (χ0v) is 21.7. The SMILES string of the molecule is CO[C@]12c3c(C)cc(O)c4c(=O)occ(c34)C(=O)[C@@H]1[C@@]13COC(=O)c4c(O)cc(C)c(c41)C(=O)[C@H]2[C@@H]3OC(C)=O. The molecule has 3 aliphatic carbocycles. The van der Waals surface area contributed by atoms with E-state index in [1.807, 2.05) is 0 Å². The fraction of sp³-hybridized carbons (Fsp3) is 0.345. The van der Waals surface area contributed by atoms with Crippen molar-refractivity contribution in [3.63, 3.8) is 0 Å². The van der Waals surface area contributed by atoms with Gasteiger partial charge in [-0.05, 0) is 48.2 Å². The van der Waals surface area contributed by atoms with Crippen LogP contribution in [0.2, 0.25) is 0 Å². The zero-order valence-electron chi connectivity index (χ0n) is 21.7. The molecule has 204 valence electrons. The van der Waals surface area contributed by atoms with Crippen LogP contribution in [0.3, 0.4) is 0 Å². The molecule has 11 heteroatoms. The van der Waals surface area contributed by atoms with Crippen LogP contribution in [0.1, 0.15) is 60.3 Å². The topological polar surface area (TPSA) is 167 Å². The van der Waals surface area contributed by atoms with Gasteiger partial charge in [0.05, 0.1) is 22.8 Å². The number of carbonyl (C=O) groups excluding carboxylic acids is 4. The number of phenolic OH excluding ortho intramolecular Hbond substituents is 2. The van der Waals surface area contributed by atoms with Crippen molar-refractivity contribution in [1.29, 1.82) is 0 Å². The molecule has 11 nitrogen and oxygen atoms in total. The van der Waals surface area contributed by atoms with Crippen molar-refractivity contribution in [2.75, 3.05) is 13.7 Å². The molecule has 1 saturated carbocycles. The number of fused-ring (bicyclic) bond motifs is 4. The Balaban J connectivity index is 1.73. The lowest BCUT2D eigenvalue weighted by molar-refractivity contribution is -0.154. The van der Waals surface area contributed by atoms with Gasteiger partial charge in [0.25, 0.3) is 0 Å². The van der Waals surface area contributed by atoms with Crippen molar-refractivity contribution >= 4 is 34.3 Å². The molecule has 1 fully saturated rings. The molecule has 2 heterocycles. The van der Waals surface area contributed by atoms with Crippen molar-refractivity contribution in [2.45, 2.75) is 37.9 Å². The van der Waals surface area contributed by atoms with Crippen LogP contribution in [0, 0.1) is 25.7 Å². The van der Waals surface area contributed by atoms with Crippen LogP contribution in [-0.4, -0.2) is 53.5 Å². The second kappa shape index (κ2) is 7.36. The molecule has 2 aromatic carbocycles. The number of cyclic esters (lactones) is 1. The number of hydrogen-bond donors (Lipinski definition) is 2. The summed E-state index contributed by atoms with van der Waals surface area (Å²) >= 11 is 0. The summed E-state index contributed by atoms with van der Waals surface area (Å²) in [6.07, 6.45) is -0.353. The van der Waals surface area contributed by atoms with Crippen molar-refractivity contribution in [3.8, 4) is 11.5 Å². The first-order chi connectivity index (χ1) is 18.9. The summed E-state index contributed by atoms with van der Waals surface area (Å²) in [4.78, 5) is 67.6. The molecular weight excluding hydrogens is 524 g/mol. The molecule has 2 N–H and O–H groups in total. The van der Waals surface area contributed by atoms with E-state index in [4.69, 9.17) is 18.6 Å². The average Bonchev–Trinajstić information content (AvgIpc) is 3.06. The van der Waals surface area contributed by atoms with Gasteiger partial charge in [0.1, 0.15) is 47.0 Å². The smallest absolute Gasteiger partial charge is 0.347 e. The number of hydrogen-bond acceptors (Lipinski definition) is 11. The van der Waals surface area contributed by atoms with E-state index in [2.05, 4.69) is 0 Å². The number of benzene rings is 2. The van der Waals surface area contributed by atoms with E-state index in [1.165, 1.54) is 19.2 Å². The molecule has 0 unspecified atom stereocenters. The van der Waals surface area contributed by atoms with E-state index in [1.54, 1.807) is 13.8 Å². The zero-order chi connectivity index (χ0) is 28.6. The highest BCUT2D eigenvalue weighted by atomic mass is 16.6. The minimum Gasteiger partial charge on any atom is -0.507 e. The molecule has 1 aromatic heterocycles. The summed E-state index contributed by atoms with van der Waals surface area (Å²) in [6.45, 7) is 3.94. The van der Waals surface area contributed by atoms with Crippen molar-refractivity contribution in [2.24, 2.45) is 11.8 Å². The number of Topliss-reactive ketones (excluding diaryl/α,β-unsaturated/α-hetero) is 2. The molecule has 40 heavy (non-hydrogen) atoms. The van der Waals surface area contributed by atoms with E-state index in [-0.39, 0.29) is 38.6 Å². The minimum atomic E-state index is -1.83.